The van der Waals surface area contributed by atoms with Gasteiger partial charge in [0.2, 0.25) is 5.91 Å². The number of nitrogens with one attached hydrogen (secondary N) is 1. The summed E-state index contributed by atoms with van der Waals surface area (Å²) in [6.07, 6.45) is -4.80. The monoisotopic (exact) mass is 507 g/mol. The number of alkyl halides is 3. The number of aromatic nitrogens is 3. The van der Waals surface area contributed by atoms with E-state index in [4.69, 9.17) is 9.47 Å². The number of anilines is 1. The number of fused-ring (bicyclic) bond motifs is 4. The summed E-state index contributed by atoms with van der Waals surface area (Å²) in [5, 5.41) is 3.72. The second kappa shape index (κ2) is 8.70. The molecule has 2 aliphatic heterocycles. The highest BCUT2D eigenvalue weighted by Gasteiger charge is 2.51. The van der Waals surface area contributed by atoms with Gasteiger partial charge in [-0.2, -0.15) is 13.2 Å². The molecule has 0 radical (unpaired) electrons. The van der Waals surface area contributed by atoms with Crippen molar-refractivity contribution in [3.63, 3.8) is 0 Å². The first-order valence-corrected chi connectivity index (χ1v) is 11.5. The summed E-state index contributed by atoms with van der Waals surface area (Å²) in [5.74, 6) is -0.611. The molecule has 8 nitrogen and oxygen atoms in total. The maximum atomic E-state index is 14.8. The molecule has 0 bridgehead atoms. The molecule has 1 N–H and O–H groups in total. The Morgan fingerprint density at radius 3 is 2.75 bits per heavy atom. The molecule has 5 rings (SSSR count). The van der Waals surface area contributed by atoms with Gasteiger partial charge in [-0.15, -0.1) is 0 Å². The number of methoxy groups -OCH3 is 1. The SMILES string of the molecule is COCC(=O)N1CC2(C1)OCCn1c2cc2c(N[C@H](C)c3cccc(C(F)(F)F)c3F)nc(C)nc21. The molecule has 3 aromatic rings. The maximum absolute atomic E-state index is 14.8. The van der Waals surface area contributed by atoms with Crippen LogP contribution in [0.25, 0.3) is 11.0 Å². The predicted molar refractivity (Wildman–Crippen MR) is 122 cm³/mol. The Bertz CT molecular complexity index is 1330. The Morgan fingerprint density at radius 1 is 1.31 bits per heavy atom. The van der Waals surface area contributed by atoms with Crippen molar-refractivity contribution in [2.24, 2.45) is 0 Å². The number of ether oxygens (including phenoxy) is 2. The van der Waals surface area contributed by atoms with E-state index in [1.165, 1.54) is 19.2 Å². The van der Waals surface area contributed by atoms with E-state index in [2.05, 4.69) is 15.3 Å². The van der Waals surface area contributed by atoms with E-state index in [0.29, 0.717) is 48.9 Å². The smallest absolute Gasteiger partial charge is 0.375 e. The lowest BCUT2D eigenvalue weighted by atomic mass is 9.88. The molecule has 1 spiro atoms. The third-order valence-corrected chi connectivity index (χ3v) is 6.69. The quantitative estimate of drug-likeness (QED) is 0.530. The molecular formula is C24H25F4N5O3. The fourth-order valence-electron chi connectivity index (χ4n) is 4.95. The summed E-state index contributed by atoms with van der Waals surface area (Å²) in [4.78, 5) is 22.9. The minimum atomic E-state index is -4.80. The predicted octanol–water partition coefficient (Wildman–Crippen LogP) is 3.78. The number of hydrogen-bond donors (Lipinski definition) is 1. The van der Waals surface area contributed by atoms with E-state index >= 15 is 0 Å². The van der Waals surface area contributed by atoms with Crippen LogP contribution in [-0.4, -0.2) is 58.8 Å². The molecular weight excluding hydrogens is 482 g/mol. The van der Waals surface area contributed by atoms with Crippen LogP contribution in [0.4, 0.5) is 23.4 Å². The van der Waals surface area contributed by atoms with E-state index < -0.39 is 29.2 Å². The van der Waals surface area contributed by atoms with Crippen LogP contribution in [0.3, 0.4) is 0 Å². The van der Waals surface area contributed by atoms with Gasteiger partial charge in [-0.25, -0.2) is 14.4 Å². The molecule has 4 heterocycles. The lowest BCUT2D eigenvalue weighted by Crippen LogP contribution is -2.65. The maximum Gasteiger partial charge on any atom is 0.419 e. The molecule has 12 heteroatoms. The molecule has 36 heavy (non-hydrogen) atoms. The van der Waals surface area contributed by atoms with Crippen molar-refractivity contribution in [2.45, 2.75) is 38.2 Å². The molecule has 192 valence electrons. The minimum absolute atomic E-state index is 0.0121. The Hall–Kier alpha value is -3.25. The van der Waals surface area contributed by atoms with Crippen LogP contribution in [-0.2, 0) is 32.6 Å². The highest BCUT2D eigenvalue weighted by Crippen LogP contribution is 2.42. The van der Waals surface area contributed by atoms with Crippen molar-refractivity contribution in [3.05, 3.63) is 52.7 Å². The Balaban J connectivity index is 1.50. The van der Waals surface area contributed by atoms with Gasteiger partial charge in [0, 0.05) is 19.2 Å². The fourth-order valence-corrected chi connectivity index (χ4v) is 4.95. The minimum Gasteiger partial charge on any atom is -0.375 e. The number of benzene rings is 1. The molecule has 0 saturated carbocycles. The second-order valence-corrected chi connectivity index (χ2v) is 9.14. The first kappa shape index (κ1) is 24.4. The molecule has 1 saturated heterocycles. The van der Waals surface area contributed by atoms with Crippen LogP contribution in [0.1, 0.15) is 35.6 Å². The van der Waals surface area contributed by atoms with E-state index in [1.807, 2.05) is 10.6 Å². The van der Waals surface area contributed by atoms with Crippen LogP contribution in [0.5, 0.6) is 0 Å². The van der Waals surface area contributed by atoms with Crippen molar-refractivity contribution in [3.8, 4) is 0 Å². The Kier molecular flexibility index (Phi) is 5.91. The van der Waals surface area contributed by atoms with E-state index in [-0.39, 0.29) is 18.1 Å². The Labute approximate surface area is 204 Å². The van der Waals surface area contributed by atoms with Gasteiger partial charge in [-0.1, -0.05) is 12.1 Å². The van der Waals surface area contributed by atoms with Gasteiger partial charge in [0.05, 0.1) is 42.4 Å². The van der Waals surface area contributed by atoms with Gasteiger partial charge in [-0.3, -0.25) is 4.79 Å². The van der Waals surface area contributed by atoms with Gasteiger partial charge in [0.1, 0.15) is 35.3 Å². The van der Waals surface area contributed by atoms with Gasteiger partial charge >= 0.3 is 6.18 Å². The van der Waals surface area contributed by atoms with Crippen LogP contribution >= 0.6 is 0 Å². The summed E-state index contributed by atoms with van der Waals surface area (Å²) in [6, 6.07) is 4.30. The molecule has 1 amide bonds. The zero-order chi connectivity index (χ0) is 25.8. The Morgan fingerprint density at radius 2 is 2.06 bits per heavy atom. The molecule has 1 atom stereocenters. The fraction of sp³-hybridized carbons (Fsp3) is 0.458. The number of hydrogen-bond acceptors (Lipinski definition) is 6. The third-order valence-electron chi connectivity index (χ3n) is 6.69. The zero-order valence-electron chi connectivity index (χ0n) is 19.9. The van der Waals surface area contributed by atoms with Crippen molar-refractivity contribution in [1.29, 1.82) is 0 Å². The van der Waals surface area contributed by atoms with Crippen LogP contribution in [0.2, 0.25) is 0 Å². The number of carbonyl (C=O) groups excluding carboxylic acids is 1. The van der Waals surface area contributed by atoms with Crippen molar-refractivity contribution in [1.82, 2.24) is 19.4 Å². The topological polar surface area (TPSA) is 81.5 Å². The first-order valence-electron chi connectivity index (χ1n) is 11.5. The number of aryl methyl sites for hydroxylation is 1. The molecule has 1 aromatic carbocycles. The van der Waals surface area contributed by atoms with Crippen LogP contribution < -0.4 is 5.32 Å². The number of nitrogens with zero attached hydrogens (tertiary/aromatic N) is 4. The summed E-state index contributed by atoms with van der Waals surface area (Å²) < 4.78 is 67.5. The molecule has 2 aliphatic rings. The van der Waals surface area contributed by atoms with Gasteiger partial charge < -0.3 is 24.3 Å². The number of carbonyl (C=O) groups is 1. The highest BCUT2D eigenvalue weighted by molar-refractivity contribution is 5.89. The summed E-state index contributed by atoms with van der Waals surface area (Å²) in [5.41, 5.74) is -0.642. The normalized spacial score (nSPS) is 17.7. The number of amides is 1. The van der Waals surface area contributed by atoms with Crippen LogP contribution in [0, 0.1) is 12.7 Å². The summed E-state index contributed by atoms with van der Waals surface area (Å²) in [6.45, 7) is 4.99. The van der Waals surface area contributed by atoms with Gasteiger partial charge in [0.25, 0.3) is 0 Å². The summed E-state index contributed by atoms with van der Waals surface area (Å²) >= 11 is 0. The van der Waals surface area contributed by atoms with Crippen LogP contribution in [0.15, 0.2) is 24.3 Å². The zero-order valence-corrected chi connectivity index (χ0v) is 19.9. The highest BCUT2D eigenvalue weighted by atomic mass is 19.4. The van der Waals surface area contributed by atoms with Crippen molar-refractivity contribution >= 4 is 22.8 Å². The van der Waals surface area contributed by atoms with E-state index in [1.54, 1.807) is 18.7 Å². The average molecular weight is 507 g/mol. The molecule has 0 aliphatic carbocycles. The lowest BCUT2D eigenvalue weighted by Gasteiger charge is -2.51. The first-order chi connectivity index (χ1) is 17.0. The van der Waals surface area contributed by atoms with E-state index in [0.717, 1.165) is 11.8 Å². The molecule has 0 unspecified atom stereocenters. The standard InChI is InChI=1S/C24H25F4N5O3/c1-13(15-5-4-6-17(20(15)25)24(26,27)28)29-21-16-9-18-23(11-32(12-23)19(34)10-35-3)36-8-7-33(18)22(16)31-14(2)30-21/h4-6,9,13H,7-8,10-12H2,1-3H3,(H,29,30,31)/t13-/m1/s1. The van der Waals surface area contributed by atoms with Gasteiger partial charge in [-0.05, 0) is 26.0 Å². The average Bonchev–Trinajstić information content (AvgIpc) is 3.16. The summed E-state index contributed by atoms with van der Waals surface area (Å²) in [7, 11) is 1.46. The lowest BCUT2D eigenvalue weighted by molar-refractivity contribution is -0.184. The largest absolute Gasteiger partial charge is 0.419 e. The van der Waals surface area contributed by atoms with Crippen molar-refractivity contribution < 1.29 is 31.8 Å². The molecule has 2 aromatic heterocycles. The van der Waals surface area contributed by atoms with Crippen molar-refractivity contribution in [2.75, 3.05) is 38.7 Å². The number of likely N-dealkylation sites (tertiary alicyclic amines) is 1. The number of halogens is 4. The van der Waals surface area contributed by atoms with E-state index in [9.17, 15) is 22.4 Å². The van der Waals surface area contributed by atoms with Gasteiger partial charge in [0.15, 0.2) is 0 Å². The number of rotatable bonds is 5. The third kappa shape index (κ3) is 3.97. The molecule has 1 fully saturated rings. The second-order valence-electron chi connectivity index (χ2n) is 9.14.